The lowest BCUT2D eigenvalue weighted by molar-refractivity contribution is 0.103. The molecule has 6 nitrogen and oxygen atoms in total. The molecule has 114 valence electrons. The van der Waals surface area contributed by atoms with Crippen LogP contribution < -0.4 is 5.32 Å². The molecular weight excluding hydrogens is 286 g/mol. The van der Waals surface area contributed by atoms with Crippen LogP contribution in [0.25, 0.3) is 4.96 Å². The quantitative estimate of drug-likeness (QED) is 0.937. The van der Waals surface area contributed by atoms with Crippen LogP contribution in [0.2, 0.25) is 0 Å². The molecule has 0 saturated carbocycles. The fourth-order valence-corrected chi connectivity index (χ4v) is 4.08. The molecule has 2 aromatic heterocycles. The number of nitrogens with zero attached hydrogens (tertiary/aromatic N) is 4. The van der Waals surface area contributed by atoms with Gasteiger partial charge in [0.2, 0.25) is 4.96 Å². The second-order valence-corrected chi connectivity index (χ2v) is 6.98. The first-order chi connectivity index (χ1) is 10.4. The summed E-state index contributed by atoms with van der Waals surface area (Å²) in [6.45, 7) is 1.99. The van der Waals surface area contributed by atoms with Crippen molar-refractivity contribution < 1.29 is 4.74 Å². The van der Waals surface area contributed by atoms with Crippen molar-refractivity contribution in [2.45, 2.75) is 57.1 Å². The highest BCUT2D eigenvalue weighted by Gasteiger charge is 2.25. The van der Waals surface area contributed by atoms with Gasteiger partial charge in [0.1, 0.15) is 11.1 Å². The van der Waals surface area contributed by atoms with Crippen LogP contribution in [0.5, 0.6) is 0 Å². The molecule has 0 amide bonds. The zero-order valence-electron chi connectivity index (χ0n) is 12.1. The van der Waals surface area contributed by atoms with E-state index in [2.05, 4.69) is 15.5 Å². The van der Waals surface area contributed by atoms with Crippen LogP contribution in [-0.2, 0) is 11.2 Å². The predicted octanol–water partition coefficient (Wildman–Crippen LogP) is 2.11. The molecule has 0 radical (unpaired) electrons. The highest BCUT2D eigenvalue weighted by Crippen LogP contribution is 2.28. The van der Waals surface area contributed by atoms with E-state index in [0.29, 0.717) is 6.04 Å². The van der Waals surface area contributed by atoms with Crippen LogP contribution in [0.4, 0.5) is 0 Å². The third kappa shape index (κ3) is 2.82. The summed E-state index contributed by atoms with van der Waals surface area (Å²) in [7, 11) is 0. The minimum atomic E-state index is 0.0787. The van der Waals surface area contributed by atoms with Crippen LogP contribution in [0.3, 0.4) is 0 Å². The Balaban J connectivity index is 1.46. The SMILES string of the molecule is C1CCC(CCc2nn3c(C4CCCO4)nnc3s2)NC1. The van der Waals surface area contributed by atoms with Gasteiger partial charge in [-0.05, 0) is 38.6 Å². The Bertz CT molecular complexity index is 598. The first-order valence-electron chi connectivity index (χ1n) is 7.96. The van der Waals surface area contributed by atoms with Gasteiger partial charge in [0.15, 0.2) is 5.82 Å². The lowest BCUT2D eigenvalue weighted by Crippen LogP contribution is -2.34. The largest absolute Gasteiger partial charge is 0.370 e. The van der Waals surface area contributed by atoms with Gasteiger partial charge in [-0.15, -0.1) is 10.2 Å². The molecule has 2 saturated heterocycles. The summed E-state index contributed by atoms with van der Waals surface area (Å²) in [6, 6.07) is 0.658. The molecule has 0 bridgehead atoms. The normalized spacial score (nSPS) is 26.7. The Morgan fingerprint density at radius 3 is 3.05 bits per heavy atom. The number of aromatic nitrogens is 4. The number of hydrogen-bond acceptors (Lipinski definition) is 6. The molecule has 1 N–H and O–H groups in total. The molecule has 2 aliphatic rings. The van der Waals surface area contributed by atoms with Gasteiger partial charge in [0.05, 0.1) is 0 Å². The van der Waals surface area contributed by atoms with Crippen molar-refractivity contribution in [2.75, 3.05) is 13.2 Å². The van der Waals surface area contributed by atoms with E-state index in [1.54, 1.807) is 11.3 Å². The second kappa shape index (κ2) is 5.98. The van der Waals surface area contributed by atoms with Gasteiger partial charge in [0.25, 0.3) is 0 Å². The number of piperidine rings is 1. The molecule has 0 aromatic carbocycles. The number of hydrogen-bond donors (Lipinski definition) is 1. The van der Waals surface area contributed by atoms with Crippen LogP contribution >= 0.6 is 11.3 Å². The average molecular weight is 307 g/mol. The van der Waals surface area contributed by atoms with Crippen LogP contribution in [0.15, 0.2) is 0 Å². The maximum Gasteiger partial charge on any atom is 0.234 e. The fourth-order valence-electron chi connectivity index (χ4n) is 3.22. The first-order valence-corrected chi connectivity index (χ1v) is 8.78. The smallest absolute Gasteiger partial charge is 0.234 e. The Kier molecular flexibility index (Phi) is 3.87. The van der Waals surface area contributed by atoms with Crippen LogP contribution in [-0.4, -0.2) is 39.0 Å². The lowest BCUT2D eigenvalue weighted by Gasteiger charge is -2.22. The third-order valence-electron chi connectivity index (χ3n) is 4.39. The first kappa shape index (κ1) is 13.6. The summed E-state index contributed by atoms with van der Waals surface area (Å²) in [5.41, 5.74) is 0. The van der Waals surface area contributed by atoms with Gasteiger partial charge < -0.3 is 10.1 Å². The summed E-state index contributed by atoms with van der Waals surface area (Å²) in [6.07, 6.45) is 8.37. The highest BCUT2D eigenvalue weighted by atomic mass is 32.1. The summed E-state index contributed by atoms with van der Waals surface area (Å²) in [4.78, 5) is 0.895. The predicted molar refractivity (Wildman–Crippen MR) is 80.5 cm³/mol. The average Bonchev–Trinajstić information content (AvgIpc) is 3.22. The van der Waals surface area contributed by atoms with E-state index < -0.39 is 0 Å². The zero-order valence-corrected chi connectivity index (χ0v) is 12.9. The maximum atomic E-state index is 5.70. The van der Waals surface area contributed by atoms with E-state index in [0.717, 1.165) is 41.7 Å². The topological polar surface area (TPSA) is 64.3 Å². The molecule has 2 fully saturated rings. The monoisotopic (exact) mass is 307 g/mol. The molecule has 21 heavy (non-hydrogen) atoms. The molecule has 2 aliphatic heterocycles. The number of ether oxygens (including phenoxy) is 1. The summed E-state index contributed by atoms with van der Waals surface area (Å²) in [5.74, 6) is 0.876. The molecule has 2 atom stereocenters. The Morgan fingerprint density at radius 1 is 1.24 bits per heavy atom. The minimum Gasteiger partial charge on any atom is -0.370 e. The van der Waals surface area contributed by atoms with E-state index >= 15 is 0 Å². The van der Waals surface area contributed by atoms with Gasteiger partial charge in [-0.25, -0.2) is 0 Å². The van der Waals surface area contributed by atoms with E-state index in [-0.39, 0.29) is 6.10 Å². The van der Waals surface area contributed by atoms with Crippen molar-refractivity contribution in [2.24, 2.45) is 0 Å². The van der Waals surface area contributed by atoms with Gasteiger partial charge in [-0.1, -0.05) is 17.8 Å². The van der Waals surface area contributed by atoms with Gasteiger partial charge in [0, 0.05) is 19.1 Å². The number of rotatable bonds is 4. The Morgan fingerprint density at radius 2 is 2.24 bits per heavy atom. The van der Waals surface area contributed by atoms with Crippen molar-refractivity contribution in [1.29, 1.82) is 0 Å². The van der Waals surface area contributed by atoms with Gasteiger partial charge in [-0.3, -0.25) is 0 Å². The molecule has 0 aliphatic carbocycles. The molecular formula is C14H21N5OS. The Hall–Kier alpha value is -1.05. The minimum absolute atomic E-state index is 0.0787. The molecule has 0 spiro atoms. The number of nitrogens with one attached hydrogen (secondary N) is 1. The van der Waals surface area contributed by atoms with Gasteiger partial charge >= 0.3 is 0 Å². The standard InChI is InChI=1S/C14H21N5OS/c1-2-8-15-10(4-1)6-7-12-18-19-13(11-5-3-9-20-11)16-17-14(19)21-12/h10-11,15H,1-9H2. The van der Waals surface area contributed by atoms with E-state index in [9.17, 15) is 0 Å². The number of aryl methyl sites for hydroxylation is 1. The van der Waals surface area contributed by atoms with Crippen molar-refractivity contribution >= 4 is 16.3 Å². The fraction of sp³-hybridized carbons (Fsp3) is 0.786. The van der Waals surface area contributed by atoms with Gasteiger partial charge in [-0.2, -0.15) is 9.61 Å². The van der Waals surface area contributed by atoms with Crippen molar-refractivity contribution in [3.05, 3.63) is 10.8 Å². The molecule has 2 unspecified atom stereocenters. The second-order valence-electron chi connectivity index (χ2n) is 5.94. The Labute approximate surface area is 127 Å². The highest BCUT2D eigenvalue weighted by molar-refractivity contribution is 7.16. The molecule has 4 rings (SSSR count). The van der Waals surface area contributed by atoms with E-state index in [1.165, 1.54) is 32.2 Å². The molecule has 4 heterocycles. The summed E-state index contributed by atoms with van der Waals surface area (Å²) < 4.78 is 7.59. The van der Waals surface area contributed by atoms with Crippen molar-refractivity contribution in [1.82, 2.24) is 25.1 Å². The van der Waals surface area contributed by atoms with Crippen LogP contribution in [0, 0.1) is 0 Å². The lowest BCUT2D eigenvalue weighted by atomic mass is 10.0. The molecule has 7 heteroatoms. The van der Waals surface area contributed by atoms with Crippen molar-refractivity contribution in [3.8, 4) is 0 Å². The maximum absolute atomic E-state index is 5.70. The van der Waals surface area contributed by atoms with E-state index in [4.69, 9.17) is 9.84 Å². The molecule has 2 aromatic rings. The van der Waals surface area contributed by atoms with Crippen molar-refractivity contribution in [3.63, 3.8) is 0 Å². The van der Waals surface area contributed by atoms with E-state index in [1.807, 2.05) is 4.52 Å². The summed E-state index contributed by atoms with van der Waals surface area (Å²) >= 11 is 1.66. The van der Waals surface area contributed by atoms with Crippen LogP contribution in [0.1, 0.15) is 55.5 Å². The zero-order chi connectivity index (χ0) is 14.1. The summed E-state index contributed by atoms with van der Waals surface area (Å²) in [5, 5.41) is 18.0. The number of fused-ring (bicyclic) bond motifs is 1. The third-order valence-corrected chi connectivity index (χ3v) is 5.35.